The van der Waals surface area contributed by atoms with E-state index in [0.29, 0.717) is 18.3 Å². The Bertz CT molecular complexity index is 1050. The summed E-state index contributed by atoms with van der Waals surface area (Å²) < 4.78 is 1.87. The number of aromatic nitrogens is 3. The van der Waals surface area contributed by atoms with Crippen molar-refractivity contribution < 1.29 is 4.79 Å². The third kappa shape index (κ3) is 6.06. The van der Waals surface area contributed by atoms with Gasteiger partial charge in [0.2, 0.25) is 0 Å². The number of likely N-dealkylation sites (N-methyl/N-ethyl adjacent to an activating group) is 1. The number of piperidine rings is 1. The lowest BCUT2D eigenvalue weighted by molar-refractivity contribution is 0.0946. The normalized spacial score (nSPS) is 15.2. The number of carbonyl (C=O) groups is 1. The van der Waals surface area contributed by atoms with Gasteiger partial charge >= 0.3 is 0 Å². The van der Waals surface area contributed by atoms with E-state index in [2.05, 4.69) is 76.0 Å². The van der Waals surface area contributed by atoms with Crippen LogP contribution in [0.25, 0.3) is 11.1 Å². The SMILES string of the molecule is Cc1ccccc1-c1ccc(CN2CCC(n3cc(C(=O)NCCN(C)C)nn3)CC2)cc1. The highest BCUT2D eigenvalue weighted by molar-refractivity contribution is 5.91. The first-order valence-electron chi connectivity index (χ1n) is 11.7. The Hall–Kier alpha value is -3.03. The third-order valence-corrected chi connectivity index (χ3v) is 6.33. The summed E-state index contributed by atoms with van der Waals surface area (Å²) >= 11 is 0. The van der Waals surface area contributed by atoms with Crippen molar-refractivity contribution in [1.29, 1.82) is 0 Å². The van der Waals surface area contributed by atoms with Crippen LogP contribution in [0.15, 0.2) is 54.7 Å². The molecule has 2 aromatic carbocycles. The molecule has 4 rings (SSSR count). The van der Waals surface area contributed by atoms with Crippen LogP contribution in [0.2, 0.25) is 0 Å². The minimum absolute atomic E-state index is 0.158. The summed E-state index contributed by atoms with van der Waals surface area (Å²) in [7, 11) is 3.96. The van der Waals surface area contributed by atoms with Gasteiger partial charge in [0.15, 0.2) is 5.69 Å². The fourth-order valence-corrected chi connectivity index (χ4v) is 4.33. The summed E-state index contributed by atoms with van der Waals surface area (Å²) in [6.45, 7) is 6.53. The molecule has 33 heavy (non-hydrogen) atoms. The van der Waals surface area contributed by atoms with E-state index >= 15 is 0 Å². The molecule has 3 aromatic rings. The van der Waals surface area contributed by atoms with Gasteiger partial charge in [-0.1, -0.05) is 53.7 Å². The number of aryl methyl sites for hydroxylation is 1. The highest BCUT2D eigenvalue weighted by Crippen LogP contribution is 2.25. The highest BCUT2D eigenvalue weighted by Gasteiger charge is 2.23. The monoisotopic (exact) mass is 446 g/mol. The zero-order valence-corrected chi connectivity index (χ0v) is 19.9. The molecule has 2 heterocycles. The zero-order chi connectivity index (χ0) is 23.2. The Kier molecular flexibility index (Phi) is 7.52. The predicted octanol–water partition coefficient (Wildman–Crippen LogP) is 3.38. The number of rotatable bonds is 8. The summed E-state index contributed by atoms with van der Waals surface area (Å²) in [6, 6.07) is 17.7. The summed E-state index contributed by atoms with van der Waals surface area (Å²) in [5.74, 6) is -0.158. The smallest absolute Gasteiger partial charge is 0.273 e. The van der Waals surface area contributed by atoms with Crippen molar-refractivity contribution in [2.75, 3.05) is 40.3 Å². The topological polar surface area (TPSA) is 66.3 Å². The van der Waals surface area contributed by atoms with Crippen molar-refractivity contribution >= 4 is 5.91 Å². The van der Waals surface area contributed by atoms with Crippen LogP contribution in [0.5, 0.6) is 0 Å². The number of amides is 1. The average Bonchev–Trinajstić information content (AvgIpc) is 3.31. The lowest BCUT2D eigenvalue weighted by atomic mass is 9.99. The largest absolute Gasteiger partial charge is 0.349 e. The van der Waals surface area contributed by atoms with E-state index in [9.17, 15) is 4.79 Å². The van der Waals surface area contributed by atoms with Crippen molar-refractivity contribution in [3.63, 3.8) is 0 Å². The molecule has 0 saturated carbocycles. The number of likely N-dealkylation sites (tertiary alicyclic amines) is 1. The van der Waals surface area contributed by atoms with Crippen LogP contribution in [0.4, 0.5) is 0 Å². The first kappa shape index (κ1) is 23.1. The van der Waals surface area contributed by atoms with E-state index < -0.39 is 0 Å². The van der Waals surface area contributed by atoms with Crippen molar-refractivity contribution in [3.8, 4) is 11.1 Å². The summed E-state index contributed by atoms with van der Waals surface area (Å²) in [5, 5.41) is 11.2. The van der Waals surface area contributed by atoms with Crippen LogP contribution >= 0.6 is 0 Å². The quantitative estimate of drug-likeness (QED) is 0.575. The molecule has 1 aliphatic rings. The standard InChI is InChI=1S/C26H34N6O/c1-20-6-4-5-7-24(20)22-10-8-21(9-11-22)18-31-15-12-23(13-16-31)32-19-25(28-29-32)26(33)27-14-17-30(2)3/h4-11,19,23H,12-18H2,1-3H3,(H,27,33). The molecule has 0 radical (unpaired) electrons. The van der Waals surface area contributed by atoms with Crippen LogP contribution < -0.4 is 5.32 Å². The van der Waals surface area contributed by atoms with E-state index in [4.69, 9.17) is 0 Å². The Balaban J connectivity index is 1.27. The van der Waals surface area contributed by atoms with E-state index in [1.54, 1.807) is 6.20 Å². The highest BCUT2D eigenvalue weighted by atomic mass is 16.2. The summed E-state index contributed by atoms with van der Waals surface area (Å²) in [4.78, 5) is 16.8. The second kappa shape index (κ2) is 10.7. The van der Waals surface area contributed by atoms with Gasteiger partial charge in [-0.05, 0) is 56.1 Å². The minimum atomic E-state index is -0.158. The number of benzene rings is 2. The van der Waals surface area contributed by atoms with Crippen LogP contribution in [0.1, 0.15) is 40.5 Å². The molecule has 0 spiro atoms. The van der Waals surface area contributed by atoms with Gasteiger partial charge in [0.25, 0.3) is 5.91 Å². The van der Waals surface area contributed by atoms with Crippen molar-refractivity contribution in [2.24, 2.45) is 0 Å². The summed E-state index contributed by atoms with van der Waals surface area (Å²) in [5.41, 5.74) is 5.59. The Morgan fingerprint density at radius 3 is 2.52 bits per heavy atom. The molecule has 1 amide bonds. The Morgan fingerprint density at radius 1 is 1.09 bits per heavy atom. The van der Waals surface area contributed by atoms with Crippen molar-refractivity contribution in [2.45, 2.75) is 32.4 Å². The number of carbonyl (C=O) groups excluding carboxylic acids is 1. The molecule has 1 aliphatic heterocycles. The Labute approximate surface area is 196 Å². The first-order chi connectivity index (χ1) is 16.0. The molecule has 1 saturated heterocycles. The molecule has 7 heteroatoms. The van der Waals surface area contributed by atoms with E-state index in [0.717, 1.165) is 39.0 Å². The molecule has 7 nitrogen and oxygen atoms in total. The van der Waals surface area contributed by atoms with E-state index in [1.807, 2.05) is 23.7 Å². The molecule has 1 aromatic heterocycles. The third-order valence-electron chi connectivity index (χ3n) is 6.33. The van der Waals surface area contributed by atoms with Crippen LogP contribution in [0, 0.1) is 6.92 Å². The van der Waals surface area contributed by atoms with Crippen LogP contribution in [-0.2, 0) is 6.54 Å². The molecule has 0 bridgehead atoms. The second-order valence-corrected chi connectivity index (χ2v) is 9.16. The van der Waals surface area contributed by atoms with Crippen molar-refractivity contribution in [1.82, 2.24) is 30.1 Å². The van der Waals surface area contributed by atoms with Gasteiger partial charge in [0.1, 0.15) is 0 Å². The number of nitrogens with one attached hydrogen (secondary N) is 1. The van der Waals surface area contributed by atoms with Crippen LogP contribution in [0.3, 0.4) is 0 Å². The maximum atomic E-state index is 12.3. The molecule has 1 fully saturated rings. The molecular weight excluding hydrogens is 412 g/mol. The van der Waals surface area contributed by atoms with Gasteiger partial charge in [0, 0.05) is 32.7 Å². The molecule has 0 unspecified atom stereocenters. The average molecular weight is 447 g/mol. The number of hydrogen-bond acceptors (Lipinski definition) is 5. The van der Waals surface area contributed by atoms with Gasteiger partial charge in [-0.15, -0.1) is 5.10 Å². The van der Waals surface area contributed by atoms with E-state index in [1.165, 1.54) is 22.3 Å². The molecular formula is C26H34N6O. The van der Waals surface area contributed by atoms with Gasteiger partial charge in [-0.2, -0.15) is 0 Å². The zero-order valence-electron chi connectivity index (χ0n) is 19.9. The van der Waals surface area contributed by atoms with Gasteiger partial charge in [-0.3, -0.25) is 9.69 Å². The maximum Gasteiger partial charge on any atom is 0.273 e. The Morgan fingerprint density at radius 2 is 1.82 bits per heavy atom. The lowest BCUT2D eigenvalue weighted by Gasteiger charge is -2.31. The van der Waals surface area contributed by atoms with Gasteiger partial charge in [-0.25, -0.2) is 4.68 Å². The molecule has 0 atom stereocenters. The fourth-order valence-electron chi connectivity index (χ4n) is 4.33. The first-order valence-corrected chi connectivity index (χ1v) is 11.7. The lowest BCUT2D eigenvalue weighted by Crippen LogP contribution is -2.34. The summed E-state index contributed by atoms with van der Waals surface area (Å²) in [6.07, 6.45) is 3.80. The van der Waals surface area contributed by atoms with Gasteiger partial charge in [0.05, 0.1) is 12.2 Å². The maximum absolute atomic E-state index is 12.3. The predicted molar refractivity (Wildman–Crippen MR) is 131 cm³/mol. The molecule has 174 valence electrons. The van der Waals surface area contributed by atoms with Crippen molar-refractivity contribution in [3.05, 3.63) is 71.5 Å². The van der Waals surface area contributed by atoms with E-state index in [-0.39, 0.29) is 5.91 Å². The minimum Gasteiger partial charge on any atom is -0.349 e. The molecule has 1 N–H and O–H groups in total. The second-order valence-electron chi connectivity index (χ2n) is 9.16. The van der Waals surface area contributed by atoms with Crippen LogP contribution in [-0.4, -0.2) is 71.0 Å². The van der Waals surface area contributed by atoms with Gasteiger partial charge < -0.3 is 10.2 Å². The number of nitrogens with zero attached hydrogens (tertiary/aromatic N) is 5. The molecule has 0 aliphatic carbocycles. The number of hydrogen-bond donors (Lipinski definition) is 1. The fraction of sp³-hybridized carbons (Fsp3) is 0.423.